The Balaban J connectivity index is 2.68. The maximum atomic E-state index is 11.1. The highest BCUT2D eigenvalue weighted by molar-refractivity contribution is 7.90. The fraction of sp³-hybridized carbons (Fsp3) is 0.545. The molecule has 0 aliphatic carbocycles. The summed E-state index contributed by atoms with van der Waals surface area (Å²) in [6.45, 7) is 1.19. The van der Waals surface area contributed by atoms with Gasteiger partial charge in [0.1, 0.15) is 9.84 Å². The van der Waals surface area contributed by atoms with E-state index in [1.54, 1.807) is 6.20 Å². The molecule has 0 radical (unpaired) electrons. The second-order valence-electron chi connectivity index (χ2n) is 4.09. The van der Waals surface area contributed by atoms with Crippen molar-refractivity contribution in [2.45, 2.75) is 6.54 Å². The first kappa shape index (κ1) is 13.9. The van der Waals surface area contributed by atoms with Crippen LogP contribution in [0.4, 0.5) is 5.69 Å². The molecule has 17 heavy (non-hydrogen) atoms. The summed E-state index contributed by atoms with van der Waals surface area (Å²) in [5.41, 5.74) is 1.92. The SMILES string of the molecule is CNCc1cc(N(C)CCS(C)(=O)=O)ccn1. The Morgan fingerprint density at radius 3 is 2.76 bits per heavy atom. The van der Waals surface area contributed by atoms with Gasteiger partial charge in [0.2, 0.25) is 0 Å². The largest absolute Gasteiger partial charge is 0.373 e. The molecule has 0 aromatic carbocycles. The molecule has 1 N–H and O–H groups in total. The summed E-state index contributed by atoms with van der Waals surface area (Å²) in [4.78, 5) is 6.13. The molecule has 0 saturated carbocycles. The van der Waals surface area contributed by atoms with Gasteiger partial charge in [0.15, 0.2) is 0 Å². The minimum atomic E-state index is -2.92. The summed E-state index contributed by atoms with van der Waals surface area (Å²) in [7, 11) is 0.824. The van der Waals surface area contributed by atoms with E-state index in [0.717, 1.165) is 11.4 Å². The van der Waals surface area contributed by atoms with Gasteiger partial charge in [-0.1, -0.05) is 0 Å². The molecule has 96 valence electrons. The Morgan fingerprint density at radius 1 is 1.47 bits per heavy atom. The predicted molar refractivity (Wildman–Crippen MR) is 70.0 cm³/mol. The average Bonchev–Trinajstić information content (AvgIpc) is 2.26. The van der Waals surface area contributed by atoms with E-state index in [1.807, 2.05) is 31.1 Å². The van der Waals surface area contributed by atoms with Crippen LogP contribution in [0.5, 0.6) is 0 Å². The number of nitrogens with one attached hydrogen (secondary N) is 1. The molecule has 0 atom stereocenters. The van der Waals surface area contributed by atoms with Gasteiger partial charge in [0, 0.05) is 38.3 Å². The van der Waals surface area contributed by atoms with Gasteiger partial charge >= 0.3 is 0 Å². The molecule has 5 nitrogen and oxygen atoms in total. The van der Waals surface area contributed by atoms with Crippen molar-refractivity contribution >= 4 is 15.5 Å². The van der Waals surface area contributed by atoms with E-state index in [-0.39, 0.29) is 5.75 Å². The van der Waals surface area contributed by atoms with Crippen LogP contribution in [-0.4, -0.2) is 46.1 Å². The quantitative estimate of drug-likeness (QED) is 0.793. The van der Waals surface area contributed by atoms with E-state index in [1.165, 1.54) is 6.26 Å². The zero-order valence-corrected chi connectivity index (χ0v) is 11.3. The molecule has 6 heteroatoms. The van der Waals surface area contributed by atoms with Gasteiger partial charge in [-0.15, -0.1) is 0 Å². The number of pyridine rings is 1. The molecule has 1 aromatic rings. The third-order valence-corrected chi connectivity index (χ3v) is 3.32. The smallest absolute Gasteiger partial charge is 0.149 e. The first-order chi connectivity index (χ1) is 7.92. The molecule has 0 aliphatic heterocycles. The lowest BCUT2D eigenvalue weighted by molar-refractivity contribution is 0.601. The van der Waals surface area contributed by atoms with Crippen LogP contribution >= 0.6 is 0 Å². The lowest BCUT2D eigenvalue weighted by Gasteiger charge is -2.19. The molecule has 0 bridgehead atoms. The molecule has 0 aliphatic rings. The number of rotatable bonds is 6. The lowest BCUT2D eigenvalue weighted by Crippen LogP contribution is -2.25. The Hall–Kier alpha value is -1.14. The van der Waals surface area contributed by atoms with Crippen LogP contribution in [0.15, 0.2) is 18.3 Å². The molecule has 0 saturated heterocycles. The van der Waals surface area contributed by atoms with Gasteiger partial charge in [-0.2, -0.15) is 0 Å². The number of hydrogen-bond acceptors (Lipinski definition) is 5. The lowest BCUT2D eigenvalue weighted by atomic mass is 10.3. The molecule has 0 fully saturated rings. The van der Waals surface area contributed by atoms with E-state index < -0.39 is 9.84 Å². The van der Waals surface area contributed by atoms with Gasteiger partial charge in [-0.25, -0.2) is 8.42 Å². The monoisotopic (exact) mass is 257 g/mol. The highest BCUT2D eigenvalue weighted by Gasteiger charge is 2.07. The van der Waals surface area contributed by atoms with Crippen LogP contribution in [0.25, 0.3) is 0 Å². The zero-order valence-electron chi connectivity index (χ0n) is 10.5. The summed E-state index contributed by atoms with van der Waals surface area (Å²) in [6, 6.07) is 3.83. The summed E-state index contributed by atoms with van der Waals surface area (Å²) < 4.78 is 22.2. The molecule has 0 unspecified atom stereocenters. The van der Waals surface area contributed by atoms with E-state index in [9.17, 15) is 8.42 Å². The molecular weight excluding hydrogens is 238 g/mol. The molecule has 1 heterocycles. The van der Waals surface area contributed by atoms with Crippen molar-refractivity contribution < 1.29 is 8.42 Å². The van der Waals surface area contributed by atoms with Crippen molar-refractivity contribution in [1.82, 2.24) is 10.3 Å². The van der Waals surface area contributed by atoms with Crippen molar-refractivity contribution in [1.29, 1.82) is 0 Å². The third-order valence-electron chi connectivity index (χ3n) is 2.40. The summed E-state index contributed by atoms with van der Waals surface area (Å²) in [5, 5.41) is 3.03. The minimum absolute atomic E-state index is 0.160. The van der Waals surface area contributed by atoms with Gasteiger partial charge < -0.3 is 10.2 Å². The van der Waals surface area contributed by atoms with E-state index in [0.29, 0.717) is 13.1 Å². The average molecular weight is 257 g/mol. The van der Waals surface area contributed by atoms with Crippen LogP contribution in [0.3, 0.4) is 0 Å². The van der Waals surface area contributed by atoms with Gasteiger partial charge in [0.05, 0.1) is 11.4 Å². The normalized spacial score (nSPS) is 11.5. The van der Waals surface area contributed by atoms with Gasteiger partial charge in [-0.05, 0) is 19.2 Å². The second kappa shape index (κ2) is 5.97. The summed E-state index contributed by atoms with van der Waals surface area (Å²) in [6.07, 6.45) is 2.98. The summed E-state index contributed by atoms with van der Waals surface area (Å²) >= 11 is 0. The Labute approximate surface area is 103 Å². The van der Waals surface area contributed by atoms with E-state index in [2.05, 4.69) is 10.3 Å². The molecule has 0 spiro atoms. The molecule has 1 aromatic heterocycles. The van der Waals surface area contributed by atoms with Crippen LogP contribution in [0.2, 0.25) is 0 Å². The van der Waals surface area contributed by atoms with Crippen molar-refractivity contribution in [3.63, 3.8) is 0 Å². The Bertz CT molecular complexity index is 460. The van der Waals surface area contributed by atoms with Crippen LogP contribution < -0.4 is 10.2 Å². The first-order valence-electron chi connectivity index (χ1n) is 5.41. The maximum Gasteiger partial charge on any atom is 0.149 e. The van der Waals surface area contributed by atoms with Gasteiger partial charge in [0.25, 0.3) is 0 Å². The highest BCUT2D eigenvalue weighted by atomic mass is 32.2. The minimum Gasteiger partial charge on any atom is -0.373 e. The standard InChI is InChI=1S/C11H19N3O2S/c1-12-9-10-8-11(4-5-13-10)14(2)6-7-17(3,15)16/h4-5,8,12H,6-7,9H2,1-3H3. The number of anilines is 1. The topological polar surface area (TPSA) is 62.3 Å². The fourth-order valence-electron chi connectivity index (χ4n) is 1.41. The van der Waals surface area contributed by atoms with Crippen LogP contribution in [0, 0.1) is 0 Å². The van der Waals surface area contributed by atoms with Crippen molar-refractivity contribution in [2.24, 2.45) is 0 Å². The maximum absolute atomic E-state index is 11.1. The van der Waals surface area contributed by atoms with Crippen molar-refractivity contribution in [3.8, 4) is 0 Å². The molecular formula is C11H19N3O2S. The van der Waals surface area contributed by atoms with Crippen LogP contribution in [0.1, 0.15) is 5.69 Å². The number of sulfone groups is 1. The van der Waals surface area contributed by atoms with E-state index in [4.69, 9.17) is 0 Å². The highest BCUT2D eigenvalue weighted by Crippen LogP contribution is 2.12. The van der Waals surface area contributed by atoms with Gasteiger partial charge in [-0.3, -0.25) is 4.98 Å². The first-order valence-corrected chi connectivity index (χ1v) is 7.47. The third kappa shape index (κ3) is 5.14. The predicted octanol–water partition coefficient (Wildman–Crippen LogP) is 0.282. The zero-order chi connectivity index (χ0) is 12.9. The fourth-order valence-corrected chi connectivity index (χ4v) is 2.02. The number of nitrogens with zero attached hydrogens (tertiary/aromatic N) is 2. The van der Waals surface area contributed by atoms with Crippen molar-refractivity contribution in [2.75, 3.05) is 37.5 Å². The Morgan fingerprint density at radius 2 is 2.18 bits per heavy atom. The van der Waals surface area contributed by atoms with Crippen molar-refractivity contribution in [3.05, 3.63) is 24.0 Å². The van der Waals surface area contributed by atoms with E-state index >= 15 is 0 Å². The summed E-state index contributed by atoms with van der Waals surface area (Å²) in [5.74, 6) is 0.160. The Kier molecular flexibility index (Phi) is 4.89. The number of aromatic nitrogens is 1. The second-order valence-corrected chi connectivity index (χ2v) is 6.35. The number of hydrogen-bond donors (Lipinski definition) is 1. The molecule has 1 rings (SSSR count). The molecule has 0 amide bonds. The van der Waals surface area contributed by atoms with Crippen LogP contribution in [-0.2, 0) is 16.4 Å².